The second kappa shape index (κ2) is 4.24. The van der Waals surface area contributed by atoms with Gasteiger partial charge in [-0.2, -0.15) is 0 Å². The monoisotopic (exact) mass is 221 g/mol. The van der Waals surface area contributed by atoms with E-state index in [1.165, 1.54) is 18.6 Å². The topological polar surface area (TPSA) is 29.1 Å². The Morgan fingerprint density at radius 2 is 2.12 bits per heavy atom. The fourth-order valence-electron chi connectivity index (χ4n) is 1.99. The molecule has 1 aliphatic rings. The lowest BCUT2D eigenvalue weighted by molar-refractivity contribution is 0.0887. The van der Waals surface area contributed by atoms with Gasteiger partial charge in [0.2, 0.25) is 0 Å². The molecule has 0 spiro atoms. The van der Waals surface area contributed by atoms with Crippen molar-refractivity contribution in [3.63, 3.8) is 0 Å². The quantitative estimate of drug-likeness (QED) is 0.835. The molecule has 2 nitrogen and oxygen atoms in total. The van der Waals surface area contributed by atoms with Gasteiger partial charge in [-0.05, 0) is 30.4 Å². The molecule has 16 heavy (non-hydrogen) atoms. The molecule has 0 heterocycles. The largest absolute Gasteiger partial charge is 0.351 e. The minimum absolute atomic E-state index is 0.130. The van der Waals surface area contributed by atoms with Crippen molar-refractivity contribution in [3.05, 3.63) is 35.6 Å². The number of benzene rings is 1. The first-order chi connectivity index (χ1) is 7.61. The van der Waals surface area contributed by atoms with Crippen molar-refractivity contribution >= 4 is 5.91 Å². The number of carbonyl (C=O) groups excluding carboxylic acids is 1. The van der Waals surface area contributed by atoms with Crippen LogP contribution in [0.25, 0.3) is 0 Å². The highest BCUT2D eigenvalue weighted by Crippen LogP contribution is 2.39. The van der Waals surface area contributed by atoms with Crippen LogP contribution in [-0.2, 0) is 0 Å². The summed E-state index contributed by atoms with van der Waals surface area (Å²) < 4.78 is 13.3. The zero-order valence-electron chi connectivity index (χ0n) is 9.42. The van der Waals surface area contributed by atoms with E-state index in [0.717, 1.165) is 12.8 Å². The number of rotatable bonds is 3. The molecule has 1 fully saturated rings. The van der Waals surface area contributed by atoms with E-state index in [0.29, 0.717) is 6.54 Å². The standard InChI is InChI=1S/C13H16FNO/c1-13(7-4-8-13)9-15-12(16)10-5-2-3-6-11(10)14/h2-3,5-6H,4,7-9H2,1H3,(H,15,16). The molecule has 1 saturated carbocycles. The highest BCUT2D eigenvalue weighted by atomic mass is 19.1. The van der Waals surface area contributed by atoms with Gasteiger partial charge in [-0.3, -0.25) is 4.79 Å². The molecule has 3 heteroatoms. The molecule has 0 radical (unpaired) electrons. The van der Waals surface area contributed by atoms with Crippen LogP contribution in [0.1, 0.15) is 36.5 Å². The summed E-state index contributed by atoms with van der Waals surface area (Å²) in [4.78, 5) is 11.7. The lowest BCUT2D eigenvalue weighted by Crippen LogP contribution is -2.40. The van der Waals surface area contributed by atoms with Gasteiger partial charge in [0, 0.05) is 6.54 Å². The van der Waals surface area contributed by atoms with E-state index in [1.54, 1.807) is 12.1 Å². The summed E-state index contributed by atoms with van der Waals surface area (Å²) in [5.74, 6) is -0.773. The van der Waals surface area contributed by atoms with Crippen LogP contribution in [0, 0.1) is 11.2 Å². The summed E-state index contributed by atoms with van der Waals surface area (Å²) >= 11 is 0. The Morgan fingerprint density at radius 1 is 1.44 bits per heavy atom. The van der Waals surface area contributed by atoms with E-state index in [9.17, 15) is 9.18 Å². The van der Waals surface area contributed by atoms with Crippen LogP contribution in [0.15, 0.2) is 24.3 Å². The number of amides is 1. The molecule has 1 amide bonds. The minimum atomic E-state index is -0.459. The van der Waals surface area contributed by atoms with Crippen molar-refractivity contribution in [2.24, 2.45) is 5.41 Å². The van der Waals surface area contributed by atoms with Crippen LogP contribution in [-0.4, -0.2) is 12.5 Å². The Kier molecular flexibility index (Phi) is 2.95. The van der Waals surface area contributed by atoms with Crippen LogP contribution >= 0.6 is 0 Å². The third-order valence-corrected chi connectivity index (χ3v) is 3.35. The first-order valence-corrected chi connectivity index (χ1v) is 5.63. The van der Waals surface area contributed by atoms with Crippen molar-refractivity contribution < 1.29 is 9.18 Å². The highest BCUT2D eigenvalue weighted by molar-refractivity contribution is 5.94. The zero-order valence-corrected chi connectivity index (χ0v) is 9.42. The van der Waals surface area contributed by atoms with Crippen LogP contribution in [0.5, 0.6) is 0 Å². The Labute approximate surface area is 94.9 Å². The number of nitrogens with one attached hydrogen (secondary N) is 1. The second-order valence-corrected chi connectivity index (χ2v) is 4.83. The Morgan fingerprint density at radius 3 is 2.69 bits per heavy atom. The fourth-order valence-corrected chi connectivity index (χ4v) is 1.99. The minimum Gasteiger partial charge on any atom is -0.351 e. The Hall–Kier alpha value is -1.38. The molecule has 0 aromatic heterocycles. The van der Waals surface area contributed by atoms with Gasteiger partial charge in [0.15, 0.2) is 0 Å². The fraction of sp³-hybridized carbons (Fsp3) is 0.462. The van der Waals surface area contributed by atoms with Crippen molar-refractivity contribution in [3.8, 4) is 0 Å². The molecular weight excluding hydrogens is 205 g/mol. The van der Waals surface area contributed by atoms with E-state index in [4.69, 9.17) is 0 Å². The third-order valence-electron chi connectivity index (χ3n) is 3.35. The predicted molar refractivity (Wildman–Crippen MR) is 60.7 cm³/mol. The molecular formula is C13H16FNO. The molecule has 1 aromatic carbocycles. The van der Waals surface area contributed by atoms with E-state index >= 15 is 0 Å². The summed E-state index contributed by atoms with van der Waals surface area (Å²) in [7, 11) is 0. The molecule has 1 aliphatic carbocycles. The SMILES string of the molecule is CC1(CNC(=O)c2ccccc2F)CCC1. The van der Waals surface area contributed by atoms with E-state index < -0.39 is 5.82 Å². The van der Waals surface area contributed by atoms with Gasteiger partial charge in [0.25, 0.3) is 5.91 Å². The molecule has 0 aliphatic heterocycles. The maximum absolute atomic E-state index is 13.3. The van der Waals surface area contributed by atoms with E-state index in [2.05, 4.69) is 12.2 Å². The third kappa shape index (κ3) is 2.23. The predicted octanol–water partition coefficient (Wildman–Crippen LogP) is 2.75. The van der Waals surface area contributed by atoms with Crippen LogP contribution < -0.4 is 5.32 Å². The highest BCUT2D eigenvalue weighted by Gasteiger charge is 2.32. The second-order valence-electron chi connectivity index (χ2n) is 4.83. The van der Waals surface area contributed by atoms with Crippen LogP contribution in [0.2, 0.25) is 0 Å². The molecule has 0 saturated heterocycles. The van der Waals surface area contributed by atoms with Gasteiger partial charge in [-0.15, -0.1) is 0 Å². The van der Waals surface area contributed by atoms with Gasteiger partial charge >= 0.3 is 0 Å². The lowest BCUT2D eigenvalue weighted by Gasteiger charge is -2.38. The number of carbonyl (C=O) groups is 1. The maximum atomic E-state index is 13.3. The summed E-state index contributed by atoms with van der Waals surface area (Å²) in [6.07, 6.45) is 3.52. The zero-order chi connectivity index (χ0) is 11.6. The average molecular weight is 221 g/mol. The van der Waals surface area contributed by atoms with Gasteiger partial charge in [-0.25, -0.2) is 4.39 Å². The van der Waals surface area contributed by atoms with Gasteiger partial charge < -0.3 is 5.32 Å². The van der Waals surface area contributed by atoms with Crippen molar-refractivity contribution in [1.29, 1.82) is 0 Å². The normalized spacial score (nSPS) is 17.6. The summed E-state index contributed by atoms with van der Waals surface area (Å²) in [5, 5.41) is 2.80. The van der Waals surface area contributed by atoms with Crippen molar-refractivity contribution in [2.75, 3.05) is 6.54 Å². The Bertz CT molecular complexity index is 399. The number of hydrogen-bond donors (Lipinski definition) is 1. The van der Waals surface area contributed by atoms with Crippen molar-refractivity contribution in [1.82, 2.24) is 5.32 Å². The number of halogens is 1. The van der Waals surface area contributed by atoms with Crippen LogP contribution in [0.4, 0.5) is 4.39 Å². The summed E-state index contributed by atoms with van der Waals surface area (Å²) in [6.45, 7) is 2.79. The van der Waals surface area contributed by atoms with E-state index in [-0.39, 0.29) is 16.9 Å². The molecule has 2 rings (SSSR count). The molecule has 1 aromatic rings. The van der Waals surface area contributed by atoms with Crippen LogP contribution in [0.3, 0.4) is 0 Å². The van der Waals surface area contributed by atoms with Crippen molar-refractivity contribution in [2.45, 2.75) is 26.2 Å². The summed E-state index contributed by atoms with van der Waals surface area (Å²) in [6, 6.07) is 6.07. The Balaban J connectivity index is 1.96. The first kappa shape index (κ1) is 11.1. The molecule has 86 valence electrons. The molecule has 0 unspecified atom stereocenters. The average Bonchev–Trinajstić information content (AvgIpc) is 2.24. The lowest BCUT2D eigenvalue weighted by atomic mass is 9.70. The molecule has 0 atom stereocenters. The number of hydrogen-bond acceptors (Lipinski definition) is 1. The first-order valence-electron chi connectivity index (χ1n) is 5.63. The molecule has 0 bridgehead atoms. The van der Waals surface area contributed by atoms with Gasteiger partial charge in [-0.1, -0.05) is 25.5 Å². The smallest absolute Gasteiger partial charge is 0.254 e. The maximum Gasteiger partial charge on any atom is 0.254 e. The van der Waals surface area contributed by atoms with Gasteiger partial charge in [0.05, 0.1) is 5.56 Å². The summed E-state index contributed by atoms with van der Waals surface area (Å²) in [5.41, 5.74) is 0.353. The van der Waals surface area contributed by atoms with Gasteiger partial charge in [0.1, 0.15) is 5.82 Å². The van der Waals surface area contributed by atoms with E-state index in [1.807, 2.05) is 0 Å². The molecule has 1 N–H and O–H groups in total.